The highest BCUT2D eigenvalue weighted by Crippen LogP contribution is 2.27. The van der Waals surface area contributed by atoms with E-state index in [1.807, 2.05) is 24.1 Å². The molecule has 1 aliphatic rings. The van der Waals surface area contributed by atoms with Crippen molar-refractivity contribution in [2.75, 3.05) is 27.4 Å². The molecule has 3 rings (SSSR count). The fourth-order valence-electron chi connectivity index (χ4n) is 1.72. The Morgan fingerprint density at radius 1 is 0.469 bits per heavy atom. The second-order valence-electron chi connectivity index (χ2n) is 5.80. The number of hydrogen-bond donors (Lipinski definition) is 2. The summed E-state index contributed by atoms with van der Waals surface area (Å²) in [6.07, 6.45) is 0. The maximum absolute atomic E-state index is 12.6. The molecule has 0 saturated carbocycles. The van der Waals surface area contributed by atoms with Crippen LogP contribution in [0.4, 0.5) is 35.1 Å². The highest BCUT2D eigenvalue weighted by Gasteiger charge is 2.22. The van der Waals surface area contributed by atoms with Crippen molar-refractivity contribution in [3.8, 4) is 0 Å². The predicted octanol–water partition coefficient (Wildman–Crippen LogP) is 5.69. The lowest BCUT2D eigenvalue weighted by molar-refractivity contribution is 0.0412. The number of benzene rings is 2. The maximum atomic E-state index is 12.6. The van der Waals surface area contributed by atoms with Crippen molar-refractivity contribution >= 4 is 90.4 Å². The molecular formula is C16H12F8I4N4. The molecule has 16 heteroatoms. The zero-order valence-electron chi connectivity index (χ0n) is 15.8. The van der Waals surface area contributed by atoms with E-state index >= 15 is 0 Å². The van der Waals surface area contributed by atoms with Gasteiger partial charge < -0.3 is 0 Å². The average molecular weight is 920 g/mol. The standard InChI is InChI=1S/2C6F4I2.C4H12N4/c2*7-1-2(8)6(12)4(10)3(9)5(1)11;1-7-3-6-8(2)4-5-7/h;;5-6H,3-4H2,1-2H3. The van der Waals surface area contributed by atoms with Crippen LogP contribution in [0.3, 0.4) is 0 Å². The molecule has 0 unspecified atom stereocenters. The lowest BCUT2D eigenvalue weighted by Crippen LogP contribution is -2.57. The van der Waals surface area contributed by atoms with Crippen LogP contribution in [0, 0.1) is 60.8 Å². The molecular weight excluding hydrogens is 908 g/mol. The third-order valence-electron chi connectivity index (χ3n) is 3.47. The summed E-state index contributed by atoms with van der Waals surface area (Å²) < 4.78 is 98.5. The van der Waals surface area contributed by atoms with Crippen LogP contribution in [0.25, 0.3) is 0 Å². The third-order valence-corrected chi connectivity index (χ3v) is 7.26. The fraction of sp³-hybridized carbons (Fsp3) is 0.250. The van der Waals surface area contributed by atoms with Crippen molar-refractivity contribution < 1.29 is 35.1 Å². The van der Waals surface area contributed by atoms with Gasteiger partial charge in [0, 0.05) is 14.1 Å². The van der Waals surface area contributed by atoms with E-state index in [9.17, 15) is 35.1 Å². The molecule has 2 aromatic carbocycles. The van der Waals surface area contributed by atoms with Gasteiger partial charge in [0.25, 0.3) is 0 Å². The highest BCUT2D eigenvalue weighted by molar-refractivity contribution is 14.1. The molecule has 1 heterocycles. The van der Waals surface area contributed by atoms with E-state index in [-0.39, 0.29) is 0 Å². The van der Waals surface area contributed by atoms with E-state index in [0.717, 1.165) is 13.3 Å². The van der Waals surface area contributed by atoms with Crippen LogP contribution in [0.15, 0.2) is 0 Å². The minimum absolute atomic E-state index is 0.664. The lowest BCUT2D eigenvalue weighted by Gasteiger charge is -2.31. The van der Waals surface area contributed by atoms with Gasteiger partial charge in [-0.15, -0.1) is 0 Å². The Balaban J connectivity index is 0.000000245. The molecule has 2 N–H and O–H groups in total. The van der Waals surface area contributed by atoms with Crippen LogP contribution in [0.2, 0.25) is 0 Å². The zero-order chi connectivity index (χ0) is 24.9. The van der Waals surface area contributed by atoms with Gasteiger partial charge in [-0.3, -0.25) is 0 Å². The molecule has 0 amide bonds. The Morgan fingerprint density at radius 3 is 0.750 bits per heavy atom. The van der Waals surface area contributed by atoms with Crippen LogP contribution >= 0.6 is 90.4 Å². The van der Waals surface area contributed by atoms with Crippen molar-refractivity contribution in [1.29, 1.82) is 0 Å². The number of halogens is 12. The Bertz CT molecular complexity index is 687. The number of nitrogens with zero attached hydrogens (tertiary/aromatic N) is 2. The summed E-state index contributed by atoms with van der Waals surface area (Å²) in [4.78, 5) is 0. The molecule has 0 radical (unpaired) electrons. The van der Waals surface area contributed by atoms with Crippen LogP contribution in [-0.2, 0) is 0 Å². The molecule has 2 aromatic rings. The summed E-state index contributed by atoms with van der Waals surface area (Å²) in [5.74, 6) is -10.8. The fourth-order valence-corrected chi connectivity index (χ4v) is 3.62. The Morgan fingerprint density at radius 2 is 0.625 bits per heavy atom. The minimum Gasteiger partial charge on any atom is -0.239 e. The second-order valence-corrected chi connectivity index (χ2v) is 10.1. The molecule has 32 heavy (non-hydrogen) atoms. The third kappa shape index (κ3) is 7.83. The first-order valence-electron chi connectivity index (χ1n) is 7.95. The Labute approximate surface area is 232 Å². The van der Waals surface area contributed by atoms with E-state index < -0.39 is 60.8 Å². The van der Waals surface area contributed by atoms with Crippen LogP contribution in [0.5, 0.6) is 0 Å². The van der Waals surface area contributed by atoms with Gasteiger partial charge in [-0.25, -0.2) is 56.0 Å². The summed E-state index contributed by atoms with van der Waals surface area (Å²) >= 11 is 4.81. The number of nitrogens with one attached hydrogen (secondary N) is 2. The number of rotatable bonds is 0. The predicted molar refractivity (Wildman–Crippen MR) is 135 cm³/mol. The van der Waals surface area contributed by atoms with Crippen molar-refractivity contribution in [1.82, 2.24) is 20.9 Å². The summed E-state index contributed by atoms with van der Waals surface area (Å²) in [6.45, 7) is 1.74. The molecule has 0 bridgehead atoms. The van der Waals surface area contributed by atoms with Crippen molar-refractivity contribution in [2.24, 2.45) is 0 Å². The lowest BCUT2D eigenvalue weighted by atomic mass is 10.3. The van der Waals surface area contributed by atoms with E-state index in [1.54, 1.807) is 0 Å². The summed E-state index contributed by atoms with van der Waals surface area (Å²) in [7, 11) is 4.00. The second kappa shape index (κ2) is 13.7. The van der Waals surface area contributed by atoms with E-state index in [2.05, 4.69) is 10.9 Å². The van der Waals surface area contributed by atoms with E-state index in [1.165, 1.54) is 90.4 Å². The largest absolute Gasteiger partial charge is 0.239 e. The molecule has 1 aliphatic heterocycles. The quantitative estimate of drug-likeness (QED) is 0.154. The van der Waals surface area contributed by atoms with Gasteiger partial charge in [0.15, 0.2) is 46.5 Å². The number of hydrogen-bond acceptors (Lipinski definition) is 4. The van der Waals surface area contributed by atoms with Gasteiger partial charge in [-0.1, -0.05) is 0 Å². The van der Waals surface area contributed by atoms with Gasteiger partial charge in [0.2, 0.25) is 0 Å². The zero-order valence-corrected chi connectivity index (χ0v) is 24.5. The molecule has 180 valence electrons. The summed E-state index contributed by atoms with van der Waals surface area (Å²) in [5, 5.41) is 4.00. The minimum atomic E-state index is -1.35. The Hall–Kier alpha value is 0.640. The van der Waals surface area contributed by atoms with Crippen molar-refractivity contribution in [2.45, 2.75) is 0 Å². The summed E-state index contributed by atoms with van der Waals surface area (Å²) in [6, 6.07) is 0. The summed E-state index contributed by atoms with van der Waals surface area (Å²) in [5.41, 5.74) is 6.26. The molecule has 0 atom stereocenters. The topological polar surface area (TPSA) is 30.5 Å². The van der Waals surface area contributed by atoms with Crippen molar-refractivity contribution in [3.63, 3.8) is 0 Å². The molecule has 1 fully saturated rings. The highest BCUT2D eigenvalue weighted by atomic mass is 127. The van der Waals surface area contributed by atoms with Crippen molar-refractivity contribution in [3.05, 3.63) is 60.8 Å². The van der Waals surface area contributed by atoms with Gasteiger partial charge in [-0.05, 0) is 90.4 Å². The maximum Gasteiger partial charge on any atom is 0.176 e. The van der Waals surface area contributed by atoms with Gasteiger partial charge in [0.05, 0.1) is 27.6 Å². The first kappa shape index (κ1) is 30.7. The van der Waals surface area contributed by atoms with E-state index in [0.29, 0.717) is 0 Å². The first-order valence-corrected chi connectivity index (χ1v) is 12.3. The molecule has 0 aromatic heterocycles. The van der Waals surface area contributed by atoms with Crippen LogP contribution in [-0.4, -0.2) is 37.5 Å². The number of hydrazine groups is 2. The van der Waals surface area contributed by atoms with Gasteiger partial charge >= 0.3 is 0 Å². The molecule has 0 spiro atoms. The van der Waals surface area contributed by atoms with Gasteiger partial charge in [0.1, 0.15) is 0 Å². The average Bonchev–Trinajstić information content (AvgIpc) is 2.79. The monoisotopic (exact) mass is 920 g/mol. The Kier molecular flexibility index (Phi) is 13.1. The molecule has 4 nitrogen and oxygen atoms in total. The first-order chi connectivity index (χ1) is 14.7. The normalized spacial score (nSPS) is 14.4. The SMILES string of the molecule is CN1CNN(C)CN1.Fc1c(F)c(I)c(F)c(F)c1I.Fc1c(F)c(I)c(F)c(F)c1I. The van der Waals surface area contributed by atoms with Crippen LogP contribution in [0.1, 0.15) is 0 Å². The van der Waals surface area contributed by atoms with Gasteiger partial charge in [-0.2, -0.15) is 0 Å². The smallest absolute Gasteiger partial charge is 0.176 e. The van der Waals surface area contributed by atoms with E-state index in [4.69, 9.17) is 0 Å². The molecule has 0 aliphatic carbocycles. The molecule has 1 saturated heterocycles. The van der Waals surface area contributed by atoms with Crippen LogP contribution < -0.4 is 10.9 Å².